The van der Waals surface area contributed by atoms with E-state index in [0.29, 0.717) is 6.54 Å². The molecule has 1 aliphatic rings. The van der Waals surface area contributed by atoms with Crippen LogP contribution in [0.5, 0.6) is 0 Å². The van der Waals surface area contributed by atoms with Crippen molar-refractivity contribution in [2.45, 2.75) is 64.5 Å². The number of nitrogens with one attached hydrogen (secondary N) is 2. The van der Waals surface area contributed by atoms with Gasteiger partial charge < -0.3 is 15.4 Å². The van der Waals surface area contributed by atoms with E-state index in [1.807, 2.05) is 13.2 Å². The Morgan fingerprint density at radius 2 is 2.08 bits per heavy atom. The lowest BCUT2D eigenvalue weighted by Gasteiger charge is -2.37. The highest BCUT2D eigenvalue weighted by Crippen LogP contribution is 2.31. The van der Waals surface area contributed by atoms with Gasteiger partial charge in [-0.25, -0.2) is 4.98 Å². The van der Waals surface area contributed by atoms with Crippen LogP contribution in [0, 0.1) is 6.92 Å². The molecule has 138 valence electrons. The molecule has 2 N–H and O–H groups in total. The SMILES string of the molecule is CCCOC1(CNC(=NC)NCc2ncc(C)s2)CCCCC1.I. The molecule has 0 aliphatic heterocycles. The number of hydrogen-bond acceptors (Lipinski definition) is 4. The highest BCUT2D eigenvalue weighted by molar-refractivity contribution is 14.0. The quantitative estimate of drug-likeness (QED) is 0.364. The van der Waals surface area contributed by atoms with E-state index in [1.165, 1.54) is 24.1 Å². The number of rotatable bonds is 7. The molecule has 1 saturated carbocycles. The molecule has 1 aliphatic carbocycles. The van der Waals surface area contributed by atoms with Gasteiger partial charge in [0.1, 0.15) is 5.01 Å². The van der Waals surface area contributed by atoms with Crippen molar-refractivity contribution < 1.29 is 4.74 Å². The molecular formula is C17H31IN4OS. The van der Waals surface area contributed by atoms with Gasteiger partial charge in [0.15, 0.2) is 5.96 Å². The molecule has 5 nitrogen and oxygen atoms in total. The average molecular weight is 466 g/mol. The van der Waals surface area contributed by atoms with E-state index < -0.39 is 0 Å². The summed E-state index contributed by atoms with van der Waals surface area (Å²) in [5, 5.41) is 7.88. The van der Waals surface area contributed by atoms with Crippen LogP contribution in [0.1, 0.15) is 55.3 Å². The standard InChI is InChI=1S/C17H30N4OS.HI/c1-4-10-22-17(8-6-5-7-9-17)13-21-16(18-3)20-12-15-19-11-14(2)23-15;/h11H,4-10,12-13H2,1-3H3,(H2,18,20,21);1H. The van der Waals surface area contributed by atoms with E-state index in [1.54, 1.807) is 11.3 Å². The molecule has 7 heteroatoms. The van der Waals surface area contributed by atoms with Crippen LogP contribution in [0.25, 0.3) is 0 Å². The van der Waals surface area contributed by atoms with Crippen molar-refractivity contribution in [3.05, 3.63) is 16.1 Å². The number of ether oxygens (including phenoxy) is 1. The van der Waals surface area contributed by atoms with Crippen molar-refractivity contribution in [3.8, 4) is 0 Å². The zero-order valence-corrected chi connectivity index (χ0v) is 18.2. The van der Waals surface area contributed by atoms with Gasteiger partial charge in [-0.15, -0.1) is 35.3 Å². The van der Waals surface area contributed by atoms with Crippen LogP contribution in [0.15, 0.2) is 11.2 Å². The van der Waals surface area contributed by atoms with Crippen LogP contribution in [-0.2, 0) is 11.3 Å². The maximum atomic E-state index is 6.23. The maximum absolute atomic E-state index is 6.23. The van der Waals surface area contributed by atoms with Crippen LogP contribution < -0.4 is 10.6 Å². The van der Waals surface area contributed by atoms with Gasteiger partial charge in [0, 0.05) is 31.3 Å². The molecule has 0 bridgehead atoms. The van der Waals surface area contributed by atoms with Crippen molar-refractivity contribution in [2.24, 2.45) is 4.99 Å². The molecule has 0 atom stereocenters. The van der Waals surface area contributed by atoms with Crippen molar-refractivity contribution in [2.75, 3.05) is 20.2 Å². The molecule has 1 fully saturated rings. The number of hydrogen-bond donors (Lipinski definition) is 2. The summed E-state index contributed by atoms with van der Waals surface area (Å²) in [7, 11) is 1.81. The summed E-state index contributed by atoms with van der Waals surface area (Å²) >= 11 is 1.72. The Hall–Kier alpha value is -0.410. The van der Waals surface area contributed by atoms with Gasteiger partial charge in [-0.3, -0.25) is 4.99 Å². The summed E-state index contributed by atoms with van der Waals surface area (Å²) in [5.74, 6) is 0.822. The molecular weight excluding hydrogens is 435 g/mol. The van der Waals surface area contributed by atoms with Crippen LogP contribution in [0.3, 0.4) is 0 Å². The Balaban J connectivity index is 0.00000288. The molecule has 0 amide bonds. The Morgan fingerprint density at radius 1 is 1.33 bits per heavy atom. The normalized spacial score (nSPS) is 17.2. The second kappa shape index (κ2) is 11.3. The molecule has 0 unspecified atom stereocenters. The Morgan fingerprint density at radius 3 is 2.67 bits per heavy atom. The second-order valence-electron chi connectivity index (χ2n) is 6.24. The van der Waals surface area contributed by atoms with E-state index >= 15 is 0 Å². The number of aryl methyl sites for hydroxylation is 1. The summed E-state index contributed by atoms with van der Waals surface area (Å²) < 4.78 is 6.23. The van der Waals surface area contributed by atoms with E-state index in [2.05, 4.69) is 34.5 Å². The fraction of sp³-hybridized carbons (Fsp3) is 0.765. The van der Waals surface area contributed by atoms with Gasteiger partial charge >= 0.3 is 0 Å². The van der Waals surface area contributed by atoms with Crippen LogP contribution in [0.2, 0.25) is 0 Å². The molecule has 0 aromatic carbocycles. The molecule has 24 heavy (non-hydrogen) atoms. The summed E-state index contributed by atoms with van der Waals surface area (Å²) in [5.41, 5.74) is -0.0242. The summed E-state index contributed by atoms with van der Waals surface area (Å²) in [6.07, 6.45) is 9.11. The van der Waals surface area contributed by atoms with Gasteiger partial charge in [0.05, 0.1) is 12.1 Å². The number of guanidine groups is 1. The lowest BCUT2D eigenvalue weighted by Crippen LogP contribution is -2.49. The van der Waals surface area contributed by atoms with Gasteiger partial charge in [-0.2, -0.15) is 0 Å². The third-order valence-corrected chi connectivity index (χ3v) is 5.17. The maximum Gasteiger partial charge on any atom is 0.191 e. The predicted octanol–water partition coefficient (Wildman–Crippen LogP) is 3.86. The van der Waals surface area contributed by atoms with E-state index in [4.69, 9.17) is 4.74 Å². The van der Waals surface area contributed by atoms with Gasteiger partial charge in [0.25, 0.3) is 0 Å². The van der Waals surface area contributed by atoms with Gasteiger partial charge in [-0.1, -0.05) is 26.2 Å². The molecule has 0 saturated heterocycles. The van der Waals surface area contributed by atoms with Crippen LogP contribution in [0.4, 0.5) is 0 Å². The first-order valence-electron chi connectivity index (χ1n) is 8.67. The van der Waals surface area contributed by atoms with Crippen LogP contribution in [-0.4, -0.2) is 36.7 Å². The molecule has 1 aromatic rings. The minimum absolute atomic E-state index is 0. The Bertz CT molecular complexity index is 501. The van der Waals surface area contributed by atoms with Gasteiger partial charge in [-0.05, 0) is 26.2 Å². The Kier molecular flexibility index (Phi) is 10.1. The number of aromatic nitrogens is 1. The zero-order valence-electron chi connectivity index (χ0n) is 15.1. The van der Waals surface area contributed by atoms with Crippen LogP contribution >= 0.6 is 35.3 Å². The molecule has 1 aromatic heterocycles. The fourth-order valence-corrected chi connectivity index (χ4v) is 3.72. The zero-order chi connectivity index (χ0) is 16.5. The number of thiazole rings is 1. The second-order valence-corrected chi connectivity index (χ2v) is 7.56. The minimum Gasteiger partial charge on any atom is -0.373 e. The summed E-state index contributed by atoms with van der Waals surface area (Å²) in [4.78, 5) is 9.93. The van der Waals surface area contributed by atoms with E-state index in [0.717, 1.165) is 43.4 Å². The molecule has 0 spiro atoms. The Labute approximate surface area is 167 Å². The number of halogens is 1. The smallest absolute Gasteiger partial charge is 0.191 e. The average Bonchev–Trinajstić information content (AvgIpc) is 2.99. The fourth-order valence-electron chi connectivity index (χ4n) is 2.99. The van der Waals surface area contributed by atoms with Crippen molar-refractivity contribution >= 4 is 41.3 Å². The highest BCUT2D eigenvalue weighted by atomic mass is 127. The predicted molar refractivity (Wildman–Crippen MR) is 113 cm³/mol. The monoisotopic (exact) mass is 466 g/mol. The van der Waals surface area contributed by atoms with E-state index in [-0.39, 0.29) is 29.6 Å². The van der Waals surface area contributed by atoms with E-state index in [9.17, 15) is 0 Å². The number of nitrogens with zero attached hydrogens (tertiary/aromatic N) is 2. The third kappa shape index (κ3) is 6.84. The highest BCUT2D eigenvalue weighted by Gasteiger charge is 2.32. The van der Waals surface area contributed by atoms with Crippen molar-refractivity contribution in [1.29, 1.82) is 0 Å². The molecule has 1 heterocycles. The summed E-state index contributed by atoms with van der Waals surface area (Å²) in [6.45, 7) is 6.61. The molecule has 0 radical (unpaired) electrons. The third-order valence-electron chi connectivity index (χ3n) is 4.25. The lowest BCUT2D eigenvalue weighted by molar-refractivity contribution is -0.0657. The molecule has 2 rings (SSSR count). The van der Waals surface area contributed by atoms with Crippen molar-refractivity contribution in [1.82, 2.24) is 15.6 Å². The largest absolute Gasteiger partial charge is 0.373 e. The van der Waals surface area contributed by atoms with Crippen molar-refractivity contribution in [3.63, 3.8) is 0 Å². The number of aliphatic imine (C=N–C) groups is 1. The summed E-state index contributed by atoms with van der Waals surface area (Å²) in [6, 6.07) is 0. The minimum atomic E-state index is -0.0242. The first kappa shape index (κ1) is 21.6. The first-order valence-corrected chi connectivity index (χ1v) is 9.49. The topological polar surface area (TPSA) is 58.5 Å². The first-order chi connectivity index (χ1) is 11.2. The lowest BCUT2D eigenvalue weighted by atomic mass is 9.84. The van der Waals surface area contributed by atoms with Gasteiger partial charge in [0.2, 0.25) is 0 Å².